The first kappa shape index (κ1) is 22.1. The number of carbonyl (C=O) groups excluding carboxylic acids is 1. The zero-order chi connectivity index (χ0) is 17.2. The maximum absolute atomic E-state index is 11.8. The number of hydrogen-bond donors (Lipinski definition) is 2. The van der Waals surface area contributed by atoms with E-state index >= 15 is 0 Å². The summed E-state index contributed by atoms with van der Waals surface area (Å²) in [6.07, 6.45) is 1.42. The van der Waals surface area contributed by atoms with Gasteiger partial charge in [-0.05, 0) is 44.5 Å². The topological polar surface area (TPSA) is 68.2 Å². The van der Waals surface area contributed by atoms with Crippen molar-refractivity contribution in [3.05, 3.63) is 35.5 Å². The third-order valence-electron chi connectivity index (χ3n) is 3.46. The van der Waals surface area contributed by atoms with Crippen molar-refractivity contribution in [3.8, 4) is 6.07 Å². The average molecular weight is 370 g/mol. The van der Waals surface area contributed by atoms with Crippen molar-refractivity contribution >= 4 is 28.9 Å². The van der Waals surface area contributed by atoms with E-state index in [1.54, 1.807) is 0 Å². The fourth-order valence-electron chi connectivity index (χ4n) is 2.15. The second kappa shape index (κ2) is 11.6. The van der Waals surface area contributed by atoms with Crippen LogP contribution in [0.3, 0.4) is 0 Å². The lowest BCUT2D eigenvalue weighted by Crippen LogP contribution is -3.00. The highest BCUT2D eigenvalue weighted by atomic mass is 35.5. The molecule has 1 amide bonds. The zero-order valence-electron chi connectivity index (χ0n) is 14.2. The van der Waals surface area contributed by atoms with Crippen LogP contribution in [0.2, 0.25) is 0 Å². The van der Waals surface area contributed by atoms with Gasteiger partial charge in [0.05, 0.1) is 0 Å². The smallest absolute Gasteiger partial charge is 0.263 e. The van der Waals surface area contributed by atoms with E-state index in [-0.39, 0.29) is 18.0 Å². The van der Waals surface area contributed by atoms with Crippen molar-refractivity contribution in [2.24, 2.45) is 0 Å². The first-order valence-electron chi connectivity index (χ1n) is 7.63. The molecule has 0 saturated carbocycles. The summed E-state index contributed by atoms with van der Waals surface area (Å²) in [6.45, 7) is 8.45. The van der Waals surface area contributed by atoms with Crippen molar-refractivity contribution in [1.29, 1.82) is 5.26 Å². The molecule has 0 atom stereocenters. The van der Waals surface area contributed by atoms with E-state index < -0.39 is 5.91 Å². The molecule has 2 N–H and O–H groups in total. The molecular formula is C17H23Cl2N4O-. The number of rotatable bonds is 8. The standard InChI is InChI=1S/C17H23ClN4O.ClH/c1-4-22(5-2)15-6-7-16(13(3)10-15)21-12-14(11-19)17(23)20-9-8-18;/h6-7,10,12,21H,4-5,8-9H2,1-3H3,(H,20,23);1H/p-1/b14-12-;. The van der Waals surface area contributed by atoms with Gasteiger partial charge in [0.1, 0.15) is 11.6 Å². The van der Waals surface area contributed by atoms with Gasteiger partial charge in [-0.25, -0.2) is 0 Å². The third kappa shape index (κ3) is 6.31. The summed E-state index contributed by atoms with van der Waals surface area (Å²) in [5.74, 6) is -0.123. The highest BCUT2D eigenvalue weighted by Gasteiger charge is 2.08. The predicted octanol–water partition coefficient (Wildman–Crippen LogP) is 0.0196. The van der Waals surface area contributed by atoms with Crippen LogP contribution < -0.4 is 27.9 Å². The average Bonchev–Trinajstić information content (AvgIpc) is 2.56. The summed E-state index contributed by atoms with van der Waals surface area (Å²) in [5, 5.41) is 14.7. The summed E-state index contributed by atoms with van der Waals surface area (Å²) in [6, 6.07) is 7.94. The van der Waals surface area contributed by atoms with E-state index in [9.17, 15) is 4.79 Å². The summed E-state index contributed by atoms with van der Waals surface area (Å²) < 4.78 is 0. The number of alkyl halides is 1. The van der Waals surface area contributed by atoms with Crippen LogP contribution in [0.1, 0.15) is 19.4 Å². The highest BCUT2D eigenvalue weighted by molar-refractivity contribution is 6.18. The lowest BCUT2D eigenvalue weighted by Gasteiger charge is -2.22. The van der Waals surface area contributed by atoms with E-state index in [0.29, 0.717) is 12.4 Å². The van der Waals surface area contributed by atoms with E-state index in [4.69, 9.17) is 16.9 Å². The predicted molar refractivity (Wildman–Crippen MR) is 95.8 cm³/mol. The number of nitrogens with zero attached hydrogens (tertiary/aromatic N) is 2. The van der Waals surface area contributed by atoms with E-state index in [1.807, 2.05) is 25.1 Å². The normalized spacial score (nSPS) is 10.4. The van der Waals surface area contributed by atoms with Crippen LogP contribution in [0.25, 0.3) is 0 Å². The van der Waals surface area contributed by atoms with Crippen molar-refractivity contribution in [1.82, 2.24) is 5.32 Å². The first-order chi connectivity index (χ1) is 11.1. The van der Waals surface area contributed by atoms with Crippen molar-refractivity contribution in [3.63, 3.8) is 0 Å². The molecule has 0 radical (unpaired) electrons. The van der Waals surface area contributed by atoms with Crippen LogP contribution in [0, 0.1) is 18.3 Å². The van der Waals surface area contributed by atoms with E-state index in [1.165, 1.54) is 6.20 Å². The van der Waals surface area contributed by atoms with Gasteiger partial charge in [-0.1, -0.05) is 0 Å². The molecule has 24 heavy (non-hydrogen) atoms. The molecule has 132 valence electrons. The Morgan fingerprint density at radius 2 is 2.04 bits per heavy atom. The van der Waals surface area contributed by atoms with Gasteiger partial charge in [-0.3, -0.25) is 4.79 Å². The Balaban J connectivity index is 0.00000529. The molecule has 0 aliphatic heterocycles. The van der Waals surface area contributed by atoms with Crippen LogP contribution in [0.15, 0.2) is 30.0 Å². The maximum atomic E-state index is 11.8. The molecule has 0 saturated heterocycles. The van der Waals surface area contributed by atoms with Gasteiger partial charge in [0.15, 0.2) is 0 Å². The highest BCUT2D eigenvalue weighted by Crippen LogP contribution is 2.22. The molecule has 0 aliphatic rings. The molecule has 0 aromatic heterocycles. The minimum Gasteiger partial charge on any atom is -1.00 e. The molecule has 5 nitrogen and oxygen atoms in total. The van der Waals surface area contributed by atoms with Crippen LogP contribution in [0.5, 0.6) is 0 Å². The minimum absolute atomic E-state index is 0. The van der Waals surface area contributed by atoms with Crippen molar-refractivity contribution < 1.29 is 17.2 Å². The summed E-state index contributed by atoms with van der Waals surface area (Å²) >= 11 is 5.51. The number of benzene rings is 1. The lowest BCUT2D eigenvalue weighted by atomic mass is 10.1. The number of carbonyl (C=O) groups is 1. The number of hydrogen-bond acceptors (Lipinski definition) is 4. The molecular weight excluding hydrogens is 347 g/mol. The molecule has 0 spiro atoms. The van der Waals surface area contributed by atoms with Gasteiger partial charge in [0.2, 0.25) is 0 Å². The van der Waals surface area contributed by atoms with Crippen LogP contribution in [-0.2, 0) is 4.79 Å². The molecule has 1 rings (SSSR count). The number of nitriles is 1. The zero-order valence-corrected chi connectivity index (χ0v) is 15.7. The SMILES string of the molecule is CCN(CC)c1ccc(N/C=C(/C#N)C(=O)NCCCl)c(C)c1.[Cl-]. The van der Waals surface area contributed by atoms with Crippen LogP contribution in [-0.4, -0.2) is 31.4 Å². The monoisotopic (exact) mass is 369 g/mol. The third-order valence-corrected chi connectivity index (χ3v) is 3.64. The second-order valence-corrected chi connectivity index (χ2v) is 5.31. The number of halogens is 2. The van der Waals surface area contributed by atoms with E-state index in [0.717, 1.165) is 30.0 Å². The Kier molecular flexibility index (Phi) is 10.7. The maximum Gasteiger partial charge on any atom is 0.263 e. The van der Waals surface area contributed by atoms with Crippen molar-refractivity contribution in [2.45, 2.75) is 20.8 Å². The molecule has 0 bridgehead atoms. The summed E-state index contributed by atoms with van der Waals surface area (Å²) in [4.78, 5) is 14.0. The number of amides is 1. The molecule has 0 fully saturated rings. The molecule has 0 aliphatic carbocycles. The quantitative estimate of drug-likeness (QED) is 0.385. The molecule has 0 unspecified atom stereocenters. The Morgan fingerprint density at radius 1 is 1.38 bits per heavy atom. The molecule has 7 heteroatoms. The van der Waals surface area contributed by atoms with Gasteiger partial charge in [-0.2, -0.15) is 5.26 Å². The lowest BCUT2D eigenvalue weighted by molar-refractivity contribution is -0.117. The number of aryl methyl sites for hydroxylation is 1. The Morgan fingerprint density at radius 3 is 2.54 bits per heavy atom. The van der Waals surface area contributed by atoms with Gasteiger partial charge >= 0.3 is 0 Å². The molecule has 1 aromatic rings. The largest absolute Gasteiger partial charge is 1.00 e. The number of anilines is 2. The fourth-order valence-corrected chi connectivity index (χ4v) is 2.24. The fraction of sp³-hybridized carbons (Fsp3) is 0.412. The van der Waals surface area contributed by atoms with Gasteiger partial charge in [0, 0.05) is 43.1 Å². The molecule has 1 aromatic carbocycles. The van der Waals surface area contributed by atoms with Gasteiger partial charge in [-0.15, -0.1) is 11.6 Å². The van der Waals surface area contributed by atoms with Gasteiger partial charge in [0.25, 0.3) is 5.91 Å². The Hall–Kier alpha value is -1.90. The van der Waals surface area contributed by atoms with Crippen LogP contribution >= 0.6 is 11.6 Å². The number of nitrogens with one attached hydrogen (secondary N) is 2. The Labute approximate surface area is 155 Å². The molecule has 0 heterocycles. The van der Waals surface area contributed by atoms with Crippen molar-refractivity contribution in [2.75, 3.05) is 35.7 Å². The Bertz CT molecular complexity index is 607. The van der Waals surface area contributed by atoms with Crippen LogP contribution in [0.4, 0.5) is 11.4 Å². The summed E-state index contributed by atoms with van der Waals surface area (Å²) in [7, 11) is 0. The summed E-state index contributed by atoms with van der Waals surface area (Å²) in [5.41, 5.74) is 3.08. The minimum atomic E-state index is -0.432. The van der Waals surface area contributed by atoms with Gasteiger partial charge < -0.3 is 27.9 Å². The van der Waals surface area contributed by atoms with E-state index in [2.05, 4.69) is 35.4 Å². The first-order valence-corrected chi connectivity index (χ1v) is 8.17. The second-order valence-electron chi connectivity index (χ2n) is 4.93.